The van der Waals surface area contributed by atoms with Crippen LogP contribution in [0.25, 0.3) is 22.3 Å². The first kappa shape index (κ1) is 25.0. The van der Waals surface area contributed by atoms with E-state index in [0.717, 1.165) is 60.6 Å². The first-order chi connectivity index (χ1) is 19.2. The number of imidazole rings is 1. The number of ether oxygens (including phenoxy) is 2. The molecule has 0 aliphatic carbocycles. The van der Waals surface area contributed by atoms with Crippen molar-refractivity contribution in [3.05, 3.63) is 54.6 Å². The molecular formula is C27H31N9O3. The van der Waals surface area contributed by atoms with Crippen molar-refractivity contribution in [2.75, 3.05) is 64.9 Å². The fourth-order valence-corrected chi connectivity index (χ4v) is 4.97. The summed E-state index contributed by atoms with van der Waals surface area (Å²) in [6.07, 6.45) is 4.96. The summed E-state index contributed by atoms with van der Waals surface area (Å²) in [5.41, 5.74) is 4.48. The summed E-state index contributed by atoms with van der Waals surface area (Å²) < 4.78 is 10.8. The molecule has 39 heavy (non-hydrogen) atoms. The molecule has 6 rings (SSSR count). The van der Waals surface area contributed by atoms with Crippen LogP contribution in [0, 0.1) is 0 Å². The van der Waals surface area contributed by atoms with Gasteiger partial charge in [0.2, 0.25) is 5.95 Å². The van der Waals surface area contributed by atoms with Gasteiger partial charge in [-0.05, 0) is 29.8 Å². The highest BCUT2D eigenvalue weighted by Crippen LogP contribution is 2.29. The number of rotatable bonds is 6. The summed E-state index contributed by atoms with van der Waals surface area (Å²) in [6.45, 7) is 6.52. The maximum absolute atomic E-state index is 12.8. The molecule has 202 valence electrons. The van der Waals surface area contributed by atoms with Gasteiger partial charge in [-0.1, -0.05) is 6.07 Å². The number of hydrogen-bond donors (Lipinski definition) is 2. The number of morpholine rings is 1. The number of hydrogen-bond acceptors (Lipinski definition) is 9. The lowest BCUT2D eigenvalue weighted by atomic mass is 10.1. The number of benzene rings is 1. The molecular weight excluding hydrogens is 498 g/mol. The lowest BCUT2D eigenvalue weighted by Crippen LogP contribution is -2.54. The lowest BCUT2D eigenvalue weighted by Gasteiger charge is -2.38. The van der Waals surface area contributed by atoms with Crippen LogP contribution in [0.2, 0.25) is 0 Å². The molecule has 3 aromatic heterocycles. The molecule has 5 heterocycles. The molecule has 0 atom stereocenters. The third-order valence-corrected chi connectivity index (χ3v) is 7.06. The quantitative estimate of drug-likeness (QED) is 0.388. The van der Waals surface area contributed by atoms with Crippen LogP contribution in [0.3, 0.4) is 0 Å². The molecule has 12 nitrogen and oxygen atoms in total. The highest BCUT2D eigenvalue weighted by Gasteiger charge is 2.26. The van der Waals surface area contributed by atoms with E-state index in [2.05, 4.69) is 35.1 Å². The lowest BCUT2D eigenvalue weighted by molar-refractivity contribution is 0.0373. The van der Waals surface area contributed by atoms with Crippen molar-refractivity contribution >= 4 is 28.8 Å². The van der Waals surface area contributed by atoms with E-state index in [-0.39, 0.29) is 6.03 Å². The fourth-order valence-electron chi connectivity index (χ4n) is 4.97. The molecule has 1 aromatic carbocycles. The Kier molecular flexibility index (Phi) is 7.19. The third kappa shape index (κ3) is 5.61. The van der Waals surface area contributed by atoms with Gasteiger partial charge in [0.1, 0.15) is 17.8 Å². The zero-order valence-electron chi connectivity index (χ0n) is 21.8. The zero-order valence-corrected chi connectivity index (χ0v) is 21.8. The molecule has 0 spiro atoms. The molecule has 0 bridgehead atoms. The first-order valence-electron chi connectivity index (χ1n) is 13.1. The summed E-state index contributed by atoms with van der Waals surface area (Å²) in [7, 11) is 1.60. The maximum atomic E-state index is 12.8. The Labute approximate surface area is 226 Å². The van der Waals surface area contributed by atoms with Crippen molar-refractivity contribution in [2.24, 2.45) is 0 Å². The van der Waals surface area contributed by atoms with Crippen LogP contribution in [0.5, 0.6) is 5.75 Å². The largest absolute Gasteiger partial charge is 0.493 e. The molecule has 2 aliphatic heterocycles. The molecule has 12 heteroatoms. The number of carbonyl (C=O) groups excluding carboxylic acids is 1. The second-order valence-corrected chi connectivity index (χ2v) is 9.58. The Morgan fingerprint density at radius 2 is 1.87 bits per heavy atom. The third-order valence-electron chi connectivity index (χ3n) is 7.06. The summed E-state index contributed by atoms with van der Waals surface area (Å²) in [4.78, 5) is 39.8. The van der Waals surface area contributed by atoms with Gasteiger partial charge < -0.3 is 29.6 Å². The van der Waals surface area contributed by atoms with E-state index in [0.29, 0.717) is 43.8 Å². The molecule has 4 aromatic rings. The number of carbonyl (C=O) groups is 1. The zero-order chi connectivity index (χ0) is 26.6. The van der Waals surface area contributed by atoms with Crippen molar-refractivity contribution in [1.82, 2.24) is 39.6 Å². The first-order valence-corrected chi connectivity index (χ1v) is 13.1. The number of anilines is 2. The molecule has 2 N–H and O–H groups in total. The number of piperazine rings is 1. The maximum Gasteiger partial charge on any atom is 0.320 e. The van der Waals surface area contributed by atoms with Crippen molar-refractivity contribution in [3.63, 3.8) is 0 Å². The number of fused-ring (bicyclic) bond motifs is 1. The van der Waals surface area contributed by atoms with Gasteiger partial charge in [0.25, 0.3) is 0 Å². The van der Waals surface area contributed by atoms with Crippen LogP contribution in [-0.2, 0) is 11.3 Å². The normalized spacial score (nSPS) is 16.4. The Bertz CT molecular complexity index is 1450. The van der Waals surface area contributed by atoms with Crippen LogP contribution in [0.1, 0.15) is 5.56 Å². The number of urea groups is 1. The van der Waals surface area contributed by atoms with Gasteiger partial charge in [0.05, 0.1) is 37.6 Å². The summed E-state index contributed by atoms with van der Waals surface area (Å²) >= 11 is 0. The number of nitrogens with one attached hydrogen (secondary N) is 2. The number of amides is 2. The van der Waals surface area contributed by atoms with Crippen molar-refractivity contribution in [2.45, 2.75) is 6.54 Å². The minimum absolute atomic E-state index is 0.127. The highest BCUT2D eigenvalue weighted by molar-refractivity contribution is 5.84. The van der Waals surface area contributed by atoms with Crippen molar-refractivity contribution in [3.8, 4) is 17.0 Å². The van der Waals surface area contributed by atoms with E-state index in [1.807, 2.05) is 40.1 Å². The number of aromatic nitrogens is 5. The predicted octanol–water partition coefficient (Wildman–Crippen LogP) is 2.74. The molecule has 2 amide bonds. The number of pyridine rings is 1. The average Bonchev–Trinajstić information content (AvgIpc) is 3.39. The van der Waals surface area contributed by atoms with E-state index in [4.69, 9.17) is 9.47 Å². The minimum Gasteiger partial charge on any atom is -0.493 e. The van der Waals surface area contributed by atoms with Crippen molar-refractivity contribution in [1.29, 1.82) is 0 Å². The van der Waals surface area contributed by atoms with Gasteiger partial charge in [-0.25, -0.2) is 24.7 Å². The molecule has 0 unspecified atom stereocenters. The van der Waals surface area contributed by atoms with Gasteiger partial charge in [-0.2, -0.15) is 0 Å². The monoisotopic (exact) mass is 529 g/mol. The summed E-state index contributed by atoms with van der Waals surface area (Å²) in [6, 6.07) is 10.1. The van der Waals surface area contributed by atoms with E-state index in [1.165, 1.54) is 6.33 Å². The van der Waals surface area contributed by atoms with Crippen LogP contribution in [0.15, 0.2) is 49.1 Å². The summed E-state index contributed by atoms with van der Waals surface area (Å²) in [5.74, 6) is 1.93. The topological polar surface area (TPSA) is 125 Å². The van der Waals surface area contributed by atoms with Crippen LogP contribution in [-0.4, -0.2) is 105 Å². The van der Waals surface area contributed by atoms with E-state index >= 15 is 0 Å². The van der Waals surface area contributed by atoms with Gasteiger partial charge in [-0.3, -0.25) is 4.90 Å². The van der Waals surface area contributed by atoms with Gasteiger partial charge in [-0.15, -0.1) is 0 Å². The Morgan fingerprint density at radius 1 is 1.05 bits per heavy atom. The van der Waals surface area contributed by atoms with Crippen molar-refractivity contribution < 1.29 is 14.3 Å². The number of H-pyrrole nitrogens is 1. The molecule has 2 saturated heterocycles. The van der Waals surface area contributed by atoms with Gasteiger partial charge >= 0.3 is 6.03 Å². The average molecular weight is 530 g/mol. The Hall–Kier alpha value is -4.29. The number of aromatic amines is 1. The standard InChI is InChI=1S/C27H31N9O3/c1-38-23-16-28-18-30-25(23)20-2-3-21-22(15-20)32-26(31-21)33-24-14-19(4-5-29-24)17-34-6-8-35(9-7-34)27(37)36-10-12-39-13-11-36/h2-5,14-16,18H,6-13,17H2,1H3,(H2,29,31,32,33). The highest BCUT2D eigenvalue weighted by atomic mass is 16.5. The second kappa shape index (κ2) is 11.2. The SMILES string of the molecule is COc1cncnc1-c1ccc2nc(Nc3cc(CN4CCN(C(=O)N5CCOCC5)CC4)ccn3)[nH]c2c1. The number of methoxy groups -OCH3 is 1. The van der Waals surface area contributed by atoms with Crippen LogP contribution >= 0.6 is 0 Å². The summed E-state index contributed by atoms with van der Waals surface area (Å²) in [5, 5.41) is 3.30. The van der Waals surface area contributed by atoms with Gasteiger partial charge in [0.15, 0.2) is 5.75 Å². The molecule has 2 fully saturated rings. The number of nitrogens with zero attached hydrogens (tertiary/aromatic N) is 7. The molecule has 0 saturated carbocycles. The fraction of sp³-hybridized carbons (Fsp3) is 0.370. The Balaban J connectivity index is 1.08. The second-order valence-electron chi connectivity index (χ2n) is 9.58. The van der Waals surface area contributed by atoms with Crippen LogP contribution < -0.4 is 10.1 Å². The smallest absolute Gasteiger partial charge is 0.320 e. The predicted molar refractivity (Wildman–Crippen MR) is 146 cm³/mol. The minimum atomic E-state index is 0.127. The van der Waals surface area contributed by atoms with E-state index < -0.39 is 0 Å². The molecule has 0 radical (unpaired) electrons. The van der Waals surface area contributed by atoms with E-state index in [9.17, 15) is 4.79 Å². The van der Waals surface area contributed by atoms with E-state index in [1.54, 1.807) is 19.5 Å². The molecule has 2 aliphatic rings. The van der Waals surface area contributed by atoms with Gasteiger partial charge in [0, 0.05) is 57.6 Å². The Morgan fingerprint density at radius 3 is 2.69 bits per heavy atom. The van der Waals surface area contributed by atoms with Crippen LogP contribution in [0.4, 0.5) is 16.6 Å².